The Morgan fingerprint density at radius 2 is 0.848 bits per heavy atom. The van der Waals surface area contributed by atoms with Gasteiger partial charge in [0.05, 0.1) is 17.9 Å². The van der Waals surface area contributed by atoms with E-state index in [1.807, 2.05) is 20.8 Å². The van der Waals surface area contributed by atoms with Gasteiger partial charge < -0.3 is 29.7 Å². The molecule has 0 aromatic heterocycles. The van der Waals surface area contributed by atoms with Gasteiger partial charge in [-0.2, -0.15) is 37.9 Å². The zero-order chi connectivity index (χ0) is 26.7. The summed E-state index contributed by atoms with van der Waals surface area (Å²) in [7, 11) is 0. The van der Waals surface area contributed by atoms with Crippen LogP contribution >= 0.6 is 37.9 Å². The predicted octanol–water partition coefficient (Wildman–Crippen LogP) is 2.44. The van der Waals surface area contributed by atoms with Gasteiger partial charge >= 0.3 is 72.4 Å². The molecule has 33 heavy (non-hydrogen) atoms. The molecule has 3 unspecified atom stereocenters. The van der Waals surface area contributed by atoms with Crippen molar-refractivity contribution >= 4 is 78.3 Å². The van der Waals surface area contributed by atoms with Crippen LogP contribution in [0.2, 0.25) is 4.44 Å². The van der Waals surface area contributed by atoms with Crippen molar-refractivity contribution in [2.75, 3.05) is 0 Å². The summed E-state index contributed by atoms with van der Waals surface area (Å²) in [4.78, 5) is 29.7. The Balaban J connectivity index is -0.000000170. The quantitative estimate of drug-likeness (QED) is 0.145. The summed E-state index contributed by atoms with van der Waals surface area (Å²) in [6.45, 7) is 7.99. The second-order valence-electron chi connectivity index (χ2n) is 7.39. The monoisotopic (exact) mass is 632 g/mol. The number of rotatable bonds is 15. The summed E-state index contributed by atoms with van der Waals surface area (Å²) in [5.41, 5.74) is 0. The second kappa shape index (κ2) is 32.3. The molecule has 0 amide bonds. The van der Waals surface area contributed by atoms with Crippen molar-refractivity contribution in [2.24, 2.45) is 0 Å². The van der Waals surface area contributed by atoms with E-state index in [-0.39, 0.29) is 0 Å². The average Bonchev–Trinajstić information content (AvgIpc) is 2.75. The van der Waals surface area contributed by atoms with Gasteiger partial charge in [-0.05, 0) is 19.3 Å². The molecular weight excluding hydrogens is 587 g/mol. The molecule has 0 aliphatic carbocycles. The molecule has 0 rings (SSSR count). The van der Waals surface area contributed by atoms with Crippen LogP contribution in [0.1, 0.15) is 105 Å². The molecule has 0 aromatic carbocycles. The summed E-state index contributed by atoms with van der Waals surface area (Å²) in [5, 5.41) is 28.0. The van der Waals surface area contributed by atoms with E-state index in [1.165, 1.54) is 43.0 Å². The molecule has 0 aromatic rings. The minimum absolute atomic E-state index is 0.583. The van der Waals surface area contributed by atoms with Gasteiger partial charge in [-0.15, -0.1) is 0 Å². The molecule has 194 valence electrons. The number of carbonyl (C=O) groups excluding carboxylic acids is 3. The fraction of sp³-hybridized carbons (Fsp3) is 0.870. The summed E-state index contributed by atoms with van der Waals surface area (Å²) in [6.07, 6.45) is 13.0. The van der Waals surface area contributed by atoms with Crippen LogP contribution in [0.25, 0.3) is 0 Å². The van der Waals surface area contributed by atoms with E-state index in [1.54, 1.807) is 22.5 Å². The van der Waals surface area contributed by atoms with E-state index in [9.17, 15) is 29.7 Å². The van der Waals surface area contributed by atoms with E-state index >= 15 is 0 Å². The first kappa shape index (κ1) is 40.4. The van der Waals surface area contributed by atoms with Gasteiger partial charge in [0.1, 0.15) is 0 Å². The van der Waals surface area contributed by atoms with Gasteiger partial charge in [0.15, 0.2) is 0 Å². The number of carboxylic acids is 3. The molecule has 0 N–H and O–H groups in total. The number of aliphatic carboxylic acids is 3. The first-order chi connectivity index (χ1) is 15.5. The number of unbranched alkanes of at least 4 members (excludes halogenated alkanes) is 5. The van der Waals surface area contributed by atoms with Crippen molar-refractivity contribution in [2.45, 2.75) is 125 Å². The fourth-order valence-electron chi connectivity index (χ4n) is 2.08. The maximum absolute atomic E-state index is 9.90. The SMILES string of the molecule is CCCC(S)C(=O)[O-].CCCC(S)C(=O)[O-].CCCC(S)C(=O)[O-].CCCCCCC[CH2][Sn+3]. The van der Waals surface area contributed by atoms with Crippen LogP contribution in [0.5, 0.6) is 0 Å². The topological polar surface area (TPSA) is 120 Å². The number of thiol groups is 3. The fourth-order valence-corrected chi connectivity index (χ4v) is 3.57. The molecule has 10 heteroatoms. The summed E-state index contributed by atoms with van der Waals surface area (Å²) in [6, 6.07) is 0. The molecule has 3 atom stereocenters. The molecule has 0 saturated carbocycles. The van der Waals surface area contributed by atoms with Gasteiger partial charge in [-0.1, -0.05) is 40.0 Å². The van der Waals surface area contributed by atoms with Crippen LogP contribution < -0.4 is 15.3 Å². The Morgan fingerprint density at radius 3 is 1.03 bits per heavy atom. The van der Waals surface area contributed by atoms with Crippen LogP contribution in [0.3, 0.4) is 0 Å². The van der Waals surface area contributed by atoms with Crippen molar-refractivity contribution in [3.8, 4) is 0 Å². The minimum atomic E-state index is -1.07. The molecule has 0 saturated heterocycles. The molecule has 0 spiro atoms. The van der Waals surface area contributed by atoms with Crippen molar-refractivity contribution in [3.63, 3.8) is 0 Å². The number of hydrogen-bond acceptors (Lipinski definition) is 9. The Labute approximate surface area is 231 Å². The third-order valence-electron chi connectivity index (χ3n) is 4.03. The van der Waals surface area contributed by atoms with Crippen molar-refractivity contribution in [1.29, 1.82) is 0 Å². The first-order valence-corrected chi connectivity index (χ1v) is 15.3. The van der Waals surface area contributed by atoms with Crippen molar-refractivity contribution < 1.29 is 29.7 Å². The van der Waals surface area contributed by atoms with Gasteiger partial charge in [-0.25, -0.2) is 0 Å². The number of carbonyl (C=O) groups is 3. The summed E-state index contributed by atoms with van der Waals surface area (Å²) in [5.74, 6) is -3.22. The van der Waals surface area contributed by atoms with Crippen LogP contribution in [0, 0.1) is 0 Å². The Morgan fingerprint density at radius 1 is 0.576 bits per heavy atom. The second-order valence-corrected chi connectivity index (χ2v) is 10.7. The van der Waals surface area contributed by atoms with E-state index in [2.05, 4.69) is 44.8 Å². The summed E-state index contributed by atoms with van der Waals surface area (Å²) >= 11 is 12.9. The average molecular weight is 632 g/mol. The van der Waals surface area contributed by atoms with Gasteiger partial charge in [-0.3, -0.25) is 0 Å². The molecule has 0 fully saturated rings. The molecule has 6 nitrogen and oxygen atoms in total. The molecule has 0 aliphatic heterocycles. The third kappa shape index (κ3) is 39.7. The molecule has 0 radical (unpaired) electrons. The van der Waals surface area contributed by atoms with Crippen molar-refractivity contribution in [3.05, 3.63) is 0 Å². The zero-order valence-corrected chi connectivity index (χ0v) is 26.3. The van der Waals surface area contributed by atoms with Crippen molar-refractivity contribution in [1.82, 2.24) is 0 Å². The predicted molar refractivity (Wildman–Crippen MR) is 142 cm³/mol. The maximum atomic E-state index is 9.90. The third-order valence-corrected chi connectivity index (χ3v) is 6.45. The molecule has 0 heterocycles. The first-order valence-electron chi connectivity index (χ1n) is 11.8. The van der Waals surface area contributed by atoms with Crippen LogP contribution in [-0.2, 0) is 14.4 Å². The molecule has 0 aliphatic rings. The number of hydrogen-bond donors (Lipinski definition) is 3. The number of carboxylic acid groups (broad SMARTS) is 3. The van der Waals surface area contributed by atoms with Gasteiger partial charge in [0.25, 0.3) is 0 Å². The van der Waals surface area contributed by atoms with Crippen LogP contribution in [0.15, 0.2) is 0 Å². The van der Waals surface area contributed by atoms with E-state index in [4.69, 9.17) is 0 Å². The Kier molecular flexibility index (Phi) is 39.5. The molecule has 0 bridgehead atoms. The van der Waals surface area contributed by atoms with Gasteiger partial charge in [0, 0.05) is 15.7 Å². The zero-order valence-electron chi connectivity index (χ0n) is 20.7. The van der Waals surface area contributed by atoms with E-state index in [0.29, 0.717) is 19.3 Å². The normalized spacial score (nSPS) is 12.4. The van der Waals surface area contributed by atoms with Crippen LogP contribution in [0.4, 0.5) is 0 Å². The Hall–Kier alpha value is 0.259. The Bertz CT molecular complexity index is 398. The summed E-state index contributed by atoms with van der Waals surface area (Å²) < 4.78 is 1.46. The molecular formula is C23H44O6S3Sn. The van der Waals surface area contributed by atoms with Gasteiger partial charge in [0.2, 0.25) is 0 Å². The van der Waals surface area contributed by atoms with E-state index in [0.717, 1.165) is 19.3 Å². The standard InChI is InChI=1S/C8H17.3C5H10O2S.Sn/c1-3-5-7-8-6-4-2;3*1-2-3-4(8)5(6)7;/h1,3-8H2,2H3;3*4,8H,2-3H2,1H3,(H,6,7);/q;;;;+3/p-3. The van der Waals surface area contributed by atoms with E-state index < -0.39 is 33.7 Å². The van der Waals surface area contributed by atoms with Crippen LogP contribution in [-0.4, -0.2) is 56.2 Å².